The van der Waals surface area contributed by atoms with Crippen molar-refractivity contribution >= 4 is 5.65 Å². The molecule has 102 valence electrons. The molecular formula is C13H18N4O2. The molecule has 1 aliphatic rings. The Morgan fingerprint density at radius 1 is 1.21 bits per heavy atom. The van der Waals surface area contributed by atoms with Crippen molar-refractivity contribution in [3.63, 3.8) is 0 Å². The van der Waals surface area contributed by atoms with Crippen molar-refractivity contribution < 1.29 is 9.47 Å². The van der Waals surface area contributed by atoms with Crippen LogP contribution >= 0.6 is 0 Å². The van der Waals surface area contributed by atoms with Gasteiger partial charge in [-0.2, -0.15) is 9.61 Å². The highest BCUT2D eigenvalue weighted by atomic mass is 16.5. The van der Waals surface area contributed by atoms with Crippen molar-refractivity contribution in [2.24, 2.45) is 0 Å². The zero-order valence-electron chi connectivity index (χ0n) is 10.9. The fourth-order valence-electron chi connectivity index (χ4n) is 2.21. The third kappa shape index (κ3) is 3.02. The summed E-state index contributed by atoms with van der Waals surface area (Å²) in [5.74, 6) is 0.747. The number of morpholine rings is 1. The van der Waals surface area contributed by atoms with Gasteiger partial charge in [-0.15, -0.1) is 0 Å². The topological polar surface area (TPSA) is 51.9 Å². The Hall–Kier alpha value is -1.66. The summed E-state index contributed by atoms with van der Waals surface area (Å²) in [6.07, 6.45) is 4.47. The van der Waals surface area contributed by atoms with Gasteiger partial charge < -0.3 is 9.47 Å². The normalized spacial score (nSPS) is 16.8. The molecule has 0 bridgehead atoms. The fourth-order valence-corrected chi connectivity index (χ4v) is 2.21. The van der Waals surface area contributed by atoms with Crippen LogP contribution in [0.4, 0.5) is 0 Å². The lowest BCUT2D eigenvalue weighted by Gasteiger charge is -2.26. The minimum atomic E-state index is 0.691. The van der Waals surface area contributed by atoms with Gasteiger partial charge >= 0.3 is 0 Å². The molecule has 0 aliphatic carbocycles. The Balaban J connectivity index is 1.48. The summed E-state index contributed by atoms with van der Waals surface area (Å²) in [6, 6.07) is 3.70. The molecule has 2 aromatic rings. The molecule has 0 unspecified atom stereocenters. The van der Waals surface area contributed by atoms with E-state index in [4.69, 9.17) is 9.47 Å². The first-order valence-electron chi connectivity index (χ1n) is 6.65. The standard InChI is InChI=1S/C13H18N4O2/c1(6-16-7-10-18-11-8-16)9-19-13-3-4-14-12-2-5-15-17(12)13/h2-5H,1,6-11H2. The molecule has 3 heterocycles. The van der Waals surface area contributed by atoms with Crippen LogP contribution < -0.4 is 4.74 Å². The van der Waals surface area contributed by atoms with Gasteiger partial charge in [-0.05, 0) is 6.42 Å². The van der Waals surface area contributed by atoms with Gasteiger partial charge in [0.25, 0.3) is 0 Å². The smallest absolute Gasteiger partial charge is 0.217 e. The van der Waals surface area contributed by atoms with E-state index in [9.17, 15) is 0 Å². The molecule has 6 nitrogen and oxygen atoms in total. The monoisotopic (exact) mass is 262 g/mol. The summed E-state index contributed by atoms with van der Waals surface area (Å²) in [7, 11) is 0. The van der Waals surface area contributed by atoms with E-state index in [1.165, 1.54) is 0 Å². The van der Waals surface area contributed by atoms with Crippen LogP contribution in [0, 0.1) is 0 Å². The number of aromatic nitrogens is 3. The van der Waals surface area contributed by atoms with Crippen LogP contribution in [0.2, 0.25) is 0 Å². The van der Waals surface area contributed by atoms with Crippen LogP contribution in [0.3, 0.4) is 0 Å². The van der Waals surface area contributed by atoms with Crippen LogP contribution in [-0.4, -0.2) is 59.0 Å². The highest BCUT2D eigenvalue weighted by Crippen LogP contribution is 2.11. The maximum Gasteiger partial charge on any atom is 0.217 e. The number of hydrogen-bond donors (Lipinski definition) is 0. The minimum Gasteiger partial charge on any atom is -0.477 e. The zero-order chi connectivity index (χ0) is 12.9. The molecule has 0 N–H and O–H groups in total. The van der Waals surface area contributed by atoms with E-state index in [1.807, 2.05) is 12.1 Å². The third-order valence-corrected chi connectivity index (χ3v) is 3.23. The molecule has 0 amide bonds. The number of ether oxygens (including phenoxy) is 2. The first-order valence-corrected chi connectivity index (χ1v) is 6.65. The summed E-state index contributed by atoms with van der Waals surface area (Å²) in [5.41, 5.74) is 0.811. The van der Waals surface area contributed by atoms with E-state index >= 15 is 0 Å². The Morgan fingerprint density at radius 2 is 2.11 bits per heavy atom. The number of fused-ring (bicyclic) bond motifs is 1. The lowest BCUT2D eigenvalue weighted by atomic mass is 10.3. The molecular weight excluding hydrogens is 244 g/mol. The quantitative estimate of drug-likeness (QED) is 0.747. The lowest BCUT2D eigenvalue weighted by molar-refractivity contribution is 0.0357. The lowest BCUT2D eigenvalue weighted by Crippen LogP contribution is -2.37. The second kappa shape index (κ2) is 5.99. The molecule has 0 aromatic carbocycles. The summed E-state index contributed by atoms with van der Waals surface area (Å²) in [6.45, 7) is 5.49. The van der Waals surface area contributed by atoms with E-state index in [1.54, 1.807) is 16.9 Å². The maximum absolute atomic E-state index is 5.77. The Kier molecular flexibility index (Phi) is 3.90. The van der Waals surface area contributed by atoms with Crippen molar-refractivity contribution in [3.8, 4) is 5.88 Å². The first kappa shape index (κ1) is 12.4. The molecule has 3 rings (SSSR count). The van der Waals surface area contributed by atoms with Gasteiger partial charge in [-0.1, -0.05) is 0 Å². The summed E-state index contributed by atoms with van der Waals surface area (Å²) >= 11 is 0. The zero-order valence-corrected chi connectivity index (χ0v) is 10.9. The van der Waals surface area contributed by atoms with E-state index in [-0.39, 0.29) is 0 Å². The summed E-state index contributed by atoms with van der Waals surface area (Å²) in [4.78, 5) is 6.61. The van der Waals surface area contributed by atoms with E-state index in [0.29, 0.717) is 6.61 Å². The number of rotatable bonds is 5. The van der Waals surface area contributed by atoms with E-state index in [0.717, 1.165) is 50.8 Å². The van der Waals surface area contributed by atoms with Gasteiger partial charge in [0.2, 0.25) is 5.88 Å². The van der Waals surface area contributed by atoms with E-state index < -0.39 is 0 Å². The minimum absolute atomic E-state index is 0.691. The molecule has 0 saturated carbocycles. The average molecular weight is 262 g/mol. The number of nitrogens with zero attached hydrogens (tertiary/aromatic N) is 4. The molecule has 0 atom stereocenters. The summed E-state index contributed by atoms with van der Waals surface area (Å²) < 4.78 is 12.8. The van der Waals surface area contributed by atoms with Gasteiger partial charge in [-0.25, -0.2) is 4.98 Å². The Labute approximate surface area is 111 Å². The first-order chi connectivity index (χ1) is 9.43. The predicted molar refractivity (Wildman–Crippen MR) is 70.4 cm³/mol. The van der Waals surface area contributed by atoms with Gasteiger partial charge in [0, 0.05) is 38.0 Å². The largest absolute Gasteiger partial charge is 0.477 e. The molecule has 2 aromatic heterocycles. The van der Waals surface area contributed by atoms with Crippen LogP contribution in [0.1, 0.15) is 6.42 Å². The van der Waals surface area contributed by atoms with Crippen LogP contribution in [0.25, 0.3) is 5.65 Å². The molecule has 6 heteroatoms. The van der Waals surface area contributed by atoms with Gasteiger partial charge in [-0.3, -0.25) is 4.90 Å². The second-order valence-electron chi connectivity index (χ2n) is 4.54. The molecule has 1 fully saturated rings. The average Bonchev–Trinajstić information content (AvgIpc) is 2.94. The predicted octanol–water partition coefficient (Wildman–Crippen LogP) is 0.830. The van der Waals surface area contributed by atoms with Gasteiger partial charge in [0.05, 0.1) is 26.0 Å². The fraction of sp³-hybridized carbons (Fsp3) is 0.538. The SMILES string of the molecule is c1cc(OCCCN2CCOCC2)n2nccc2n1. The van der Waals surface area contributed by atoms with Gasteiger partial charge in [0.15, 0.2) is 5.65 Å². The number of hydrogen-bond acceptors (Lipinski definition) is 5. The van der Waals surface area contributed by atoms with Crippen LogP contribution in [-0.2, 0) is 4.74 Å². The Bertz CT molecular complexity index is 522. The van der Waals surface area contributed by atoms with E-state index in [2.05, 4.69) is 15.0 Å². The molecule has 0 spiro atoms. The Morgan fingerprint density at radius 3 is 3.00 bits per heavy atom. The molecule has 0 radical (unpaired) electrons. The van der Waals surface area contributed by atoms with Crippen molar-refractivity contribution in [1.82, 2.24) is 19.5 Å². The summed E-state index contributed by atoms with van der Waals surface area (Å²) in [5, 5.41) is 4.19. The molecule has 19 heavy (non-hydrogen) atoms. The maximum atomic E-state index is 5.77. The van der Waals surface area contributed by atoms with Crippen molar-refractivity contribution in [2.45, 2.75) is 6.42 Å². The second-order valence-corrected chi connectivity index (χ2v) is 4.54. The highest BCUT2D eigenvalue weighted by molar-refractivity contribution is 5.38. The molecule has 1 saturated heterocycles. The van der Waals surface area contributed by atoms with Crippen LogP contribution in [0.5, 0.6) is 5.88 Å². The third-order valence-electron chi connectivity index (χ3n) is 3.23. The highest BCUT2D eigenvalue weighted by Gasteiger charge is 2.09. The van der Waals surface area contributed by atoms with Gasteiger partial charge in [0.1, 0.15) is 0 Å². The molecule has 1 aliphatic heterocycles. The van der Waals surface area contributed by atoms with Crippen molar-refractivity contribution in [1.29, 1.82) is 0 Å². The van der Waals surface area contributed by atoms with Crippen LogP contribution in [0.15, 0.2) is 24.5 Å². The van der Waals surface area contributed by atoms with Crippen molar-refractivity contribution in [2.75, 3.05) is 39.5 Å². The van der Waals surface area contributed by atoms with Crippen molar-refractivity contribution in [3.05, 3.63) is 24.5 Å².